The van der Waals surface area contributed by atoms with Gasteiger partial charge >= 0.3 is 5.97 Å². The number of hydrogen-bond acceptors (Lipinski definition) is 4. The zero-order chi connectivity index (χ0) is 14.7. The van der Waals surface area contributed by atoms with Crippen LogP contribution < -0.4 is 5.32 Å². The van der Waals surface area contributed by atoms with E-state index in [4.69, 9.17) is 16.0 Å². The third-order valence-electron chi connectivity index (χ3n) is 2.86. The standard InChI is InChI=1S/C14H13BrClNO3/c1-17-13(9-7-8(15)3-4-10(9)16)11-5-6-12(20-11)14(18)19-2/h3-7,13,17H,1-2H3. The Kier molecular flexibility index (Phi) is 4.86. The third-order valence-corrected chi connectivity index (χ3v) is 3.69. The van der Waals surface area contributed by atoms with Crippen LogP contribution in [0.4, 0.5) is 0 Å². The van der Waals surface area contributed by atoms with Gasteiger partial charge in [0.15, 0.2) is 0 Å². The van der Waals surface area contributed by atoms with E-state index in [-0.39, 0.29) is 11.8 Å². The summed E-state index contributed by atoms with van der Waals surface area (Å²) < 4.78 is 11.1. The fourth-order valence-corrected chi connectivity index (χ4v) is 2.51. The van der Waals surface area contributed by atoms with Crippen molar-refractivity contribution in [2.75, 3.05) is 14.2 Å². The van der Waals surface area contributed by atoms with Gasteiger partial charge in [-0.15, -0.1) is 0 Å². The van der Waals surface area contributed by atoms with Gasteiger partial charge in [0.05, 0.1) is 13.2 Å². The Bertz CT molecular complexity index is 627. The second-order valence-electron chi connectivity index (χ2n) is 4.08. The van der Waals surface area contributed by atoms with E-state index in [0.717, 1.165) is 10.0 Å². The van der Waals surface area contributed by atoms with E-state index in [1.165, 1.54) is 7.11 Å². The van der Waals surface area contributed by atoms with Crippen LogP contribution in [-0.4, -0.2) is 20.1 Å². The molecule has 0 fully saturated rings. The Morgan fingerprint density at radius 2 is 2.15 bits per heavy atom. The van der Waals surface area contributed by atoms with Crippen LogP contribution in [0, 0.1) is 0 Å². The summed E-state index contributed by atoms with van der Waals surface area (Å²) in [4.78, 5) is 11.4. The summed E-state index contributed by atoms with van der Waals surface area (Å²) in [5.74, 6) is 0.244. The van der Waals surface area contributed by atoms with Gasteiger partial charge in [-0.05, 0) is 42.9 Å². The molecule has 0 spiro atoms. The number of methoxy groups -OCH3 is 1. The number of benzene rings is 1. The molecule has 0 bridgehead atoms. The largest absolute Gasteiger partial charge is 0.463 e. The van der Waals surface area contributed by atoms with Crippen LogP contribution in [-0.2, 0) is 4.74 Å². The Hall–Kier alpha value is -1.30. The van der Waals surface area contributed by atoms with Crippen molar-refractivity contribution in [2.24, 2.45) is 0 Å². The van der Waals surface area contributed by atoms with Crippen LogP contribution in [0.5, 0.6) is 0 Å². The van der Waals surface area contributed by atoms with Crippen molar-refractivity contribution >= 4 is 33.5 Å². The zero-order valence-electron chi connectivity index (χ0n) is 10.9. The Balaban J connectivity index is 2.39. The predicted molar refractivity (Wildman–Crippen MR) is 80.1 cm³/mol. The monoisotopic (exact) mass is 357 g/mol. The van der Waals surface area contributed by atoms with Crippen molar-refractivity contribution in [3.63, 3.8) is 0 Å². The van der Waals surface area contributed by atoms with Gasteiger partial charge in [0.25, 0.3) is 0 Å². The van der Waals surface area contributed by atoms with Crippen molar-refractivity contribution in [1.82, 2.24) is 5.32 Å². The molecule has 1 aromatic heterocycles. The smallest absolute Gasteiger partial charge is 0.373 e. The van der Waals surface area contributed by atoms with E-state index in [1.807, 2.05) is 12.1 Å². The molecule has 0 saturated heterocycles. The normalized spacial score (nSPS) is 12.2. The topological polar surface area (TPSA) is 51.5 Å². The predicted octanol–water partition coefficient (Wildman–Crippen LogP) is 3.79. The minimum absolute atomic E-state index is 0.161. The maximum absolute atomic E-state index is 11.4. The number of halogens is 2. The Morgan fingerprint density at radius 1 is 1.40 bits per heavy atom. The summed E-state index contributed by atoms with van der Waals surface area (Å²) in [6.07, 6.45) is 0. The molecule has 106 valence electrons. The van der Waals surface area contributed by atoms with Gasteiger partial charge in [0, 0.05) is 9.50 Å². The summed E-state index contributed by atoms with van der Waals surface area (Å²) in [5, 5.41) is 3.74. The van der Waals surface area contributed by atoms with Crippen molar-refractivity contribution in [3.8, 4) is 0 Å². The molecule has 20 heavy (non-hydrogen) atoms. The van der Waals surface area contributed by atoms with E-state index in [9.17, 15) is 4.79 Å². The minimum Gasteiger partial charge on any atom is -0.463 e. The number of hydrogen-bond donors (Lipinski definition) is 1. The van der Waals surface area contributed by atoms with E-state index < -0.39 is 5.97 Å². The first-order valence-corrected chi connectivity index (χ1v) is 7.04. The molecular weight excluding hydrogens is 346 g/mol. The number of carbonyl (C=O) groups is 1. The van der Waals surface area contributed by atoms with Gasteiger partial charge in [-0.2, -0.15) is 0 Å². The fourth-order valence-electron chi connectivity index (χ4n) is 1.91. The number of carbonyl (C=O) groups excluding carboxylic acids is 1. The lowest BCUT2D eigenvalue weighted by molar-refractivity contribution is 0.0562. The van der Waals surface area contributed by atoms with Crippen molar-refractivity contribution in [1.29, 1.82) is 0 Å². The molecule has 0 radical (unpaired) electrons. The highest BCUT2D eigenvalue weighted by Crippen LogP contribution is 2.31. The lowest BCUT2D eigenvalue weighted by Crippen LogP contribution is -2.17. The molecule has 1 heterocycles. The van der Waals surface area contributed by atoms with Gasteiger partial charge in [-0.25, -0.2) is 4.79 Å². The third kappa shape index (κ3) is 3.06. The van der Waals surface area contributed by atoms with Crippen LogP contribution in [0.3, 0.4) is 0 Å². The van der Waals surface area contributed by atoms with Crippen LogP contribution in [0.25, 0.3) is 0 Å². The molecule has 0 aliphatic rings. The van der Waals surface area contributed by atoms with Crippen LogP contribution in [0.1, 0.15) is 27.9 Å². The summed E-state index contributed by atoms with van der Waals surface area (Å²) >= 11 is 9.64. The van der Waals surface area contributed by atoms with E-state index >= 15 is 0 Å². The Labute approximate surface area is 130 Å². The zero-order valence-corrected chi connectivity index (χ0v) is 13.3. The highest BCUT2D eigenvalue weighted by molar-refractivity contribution is 9.10. The molecule has 4 nitrogen and oxygen atoms in total. The molecule has 0 aliphatic heterocycles. The summed E-state index contributed by atoms with van der Waals surface area (Å²) in [6.45, 7) is 0. The summed E-state index contributed by atoms with van der Waals surface area (Å²) in [7, 11) is 3.10. The molecule has 1 atom stereocenters. The number of rotatable bonds is 4. The van der Waals surface area contributed by atoms with Crippen molar-refractivity contribution in [2.45, 2.75) is 6.04 Å². The SMILES string of the molecule is CNC(c1ccc(C(=O)OC)o1)c1cc(Br)ccc1Cl. The van der Waals surface area contributed by atoms with Gasteiger partial charge < -0.3 is 14.5 Å². The van der Waals surface area contributed by atoms with Gasteiger partial charge in [0.2, 0.25) is 5.76 Å². The molecule has 0 saturated carbocycles. The number of esters is 1. The maximum Gasteiger partial charge on any atom is 0.373 e. The highest BCUT2D eigenvalue weighted by atomic mass is 79.9. The summed E-state index contributed by atoms with van der Waals surface area (Å²) in [5.41, 5.74) is 0.856. The Morgan fingerprint density at radius 3 is 2.80 bits per heavy atom. The van der Waals surface area contributed by atoms with Gasteiger partial charge in [-0.3, -0.25) is 0 Å². The van der Waals surface area contributed by atoms with Gasteiger partial charge in [-0.1, -0.05) is 27.5 Å². The van der Waals surface area contributed by atoms with E-state index in [0.29, 0.717) is 10.8 Å². The fraction of sp³-hybridized carbons (Fsp3) is 0.214. The first kappa shape index (κ1) is 15.1. The molecule has 1 N–H and O–H groups in total. The molecule has 0 amide bonds. The second kappa shape index (κ2) is 6.43. The molecule has 2 rings (SSSR count). The van der Waals surface area contributed by atoms with E-state index in [2.05, 4.69) is 26.0 Å². The number of nitrogens with one attached hydrogen (secondary N) is 1. The van der Waals surface area contributed by atoms with Crippen LogP contribution in [0.15, 0.2) is 39.2 Å². The lowest BCUT2D eigenvalue weighted by atomic mass is 10.0. The molecule has 0 aliphatic carbocycles. The average molecular weight is 359 g/mol. The lowest BCUT2D eigenvalue weighted by Gasteiger charge is -2.16. The minimum atomic E-state index is -0.508. The van der Waals surface area contributed by atoms with Crippen LogP contribution >= 0.6 is 27.5 Å². The molecule has 1 aromatic carbocycles. The highest BCUT2D eigenvalue weighted by Gasteiger charge is 2.21. The quantitative estimate of drug-likeness (QED) is 0.845. The van der Waals surface area contributed by atoms with Gasteiger partial charge in [0.1, 0.15) is 5.76 Å². The van der Waals surface area contributed by atoms with Crippen molar-refractivity contribution < 1.29 is 13.9 Å². The maximum atomic E-state index is 11.4. The molecule has 6 heteroatoms. The molecular formula is C14H13BrClNO3. The first-order chi connectivity index (χ1) is 9.56. The first-order valence-electron chi connectivity index (χ1n) is 5.87. The number of furan rings is 1. The van der Waals surface area contributed by atoms with Crippen LogP contribution in [0.2, 0.25) is 5.02 Å². The second-order valence-corrected chi connectivity index (χ2v) is 5.40. The molecule has 1 unspecified atom stereocenters. The van der Waals surface area contributed by atoms with Crippen molar-refractivity contribution in [3.05, 3.63) is 56.9 Å². The number of ether oxygens (including phenoxy) is 1. The van der Waals surface area contributed by atoms with E-state index in [1.54, 1.807) is 25.2 Å². The summed E-state index contributed by atoms with van der Waals surface area (Å²) in [6, 6.07) is 8.63. The molecule has 2 aromatic rings. The average Bonchev–Trinajstić information content (AvgIpc) is 2.92.